The predicted molar refractivity (Wildman–Crippen MR) is 41.3 cm³/mol. The monoisotopic (exact) mass is 134 g/mol. The van der Waals surface area contributed by atoms with E-state index in [-0.39, 0.29) is 0 Å². The SMILES string of the molecule is C=S1CCCCS1. The molecule has 1 rings (SSSR count). The largest absolute Gasteiger partial charge is 0.136 e. The summed E-state index contributed by atoms with van der Waals surface area (Å²) in [6.07, 6.45) is 2.84. The van der Waals surface area contributed by atoms with Gasteiger partial charge >= 0.3 is 0 Å². The average molecular weight is 134 g/mol. The highest BCUT2D eigenvalue weighted by Gasteiger charge is 1.99. The summed E-state index contributed by atoms with van der Waals surface area (Å²) in [5, 5.41) is 0. The van der Waals surface area contributed by atoms with Gasteiger partial charge in [-0.3, -0.25) is 0 Å². The minimum atomic E-state index is 0.476. The van der Waals surface area contributed by atoms with Crippen molar-refractivity contribution in [2.75, 3.05) is 11.5 Å². The summed E-state index contributed by atoms with van der Waals surface area (Å²) in [6.45, 7) is 0. The lowest BCUT2D eigenvalue weighted by atomic mass is 10.4. The Morgan fingerprint density at radius 1 is 1.43 bits per heavy atom. The van der Waals surface area contributed by atoms with Gasteiger partial charge in [0.15, 0.2) is 0 Å². The van der Waals surface area contributed by atoms with E-state index < -0.39 is 0 Å². The van der Waals surface area contributed by atoms with Crippen molar-refractivity contribution in [3.05, 3.63) is 0 Å². The third-order valence-corrected chi connectivity index (χ3v) is 4.55. The summed E-state index contributed by atoms with van der Waals surface area (Å²) in [4.78, 5) is 0. The highest BCUT2D eigenvalue weighted by atomic mass is 33.1. The van der Waals surface area contributed by atoms with Gasteiger partial charge in [0.05, 0.1) is 0 Å². The minimum Gasteiger partial charge on any atom is -0.136 e. The quantitative estimate of drug-likeness (QED) is 0.361. The van der Waals surface area contributed by atoms with Gasteiger partial charge in [0, 0.05) is 5.75 Å². The fourth-order valence-corrected chi connectivity index (χ4v) is 3.57. The van der Waals surface area contributed by atoms with Crippen LogP contribution < -0.4 is 0 Å². The van der Waals surface area contributed by atoms with Crippen LogP contribution in [0.4, 0.5) is 0 Å². The van der Waals surface area contributed by atoms with Crippen LogP contribution in [0.5, 0.6) is 0 Å². The van der Waals surface area contributed by atoms with E-state index in [0.717, 1.165) is 0 Å². The van der Waals surface area contributed by atoms with Crippen molar-refractivity contribution in [1.29, 1.82) is 0 Å². The first-order valence-corrected chi connectivity index (χ1v) is 5.60. The standard InChI is InChI=1S/C5H10S2/c1-7-5-3-2-4-6-7/h1-5H2. The van der Waals surface area contributed by atoms with Gasteiger partial charge in [0.2, 0.25) is 0 Å². The van der Waals surface area contributed by atoms with Crippen molar-refractivity contribution in [1.82, 2.24) is 0 Å². The Hall–Kier alpha value is 0.570. The third-order valence-electron chi connectivity index (χ3n) is 1.02. The summed E-state index contributed by atoms with van der Waals surface area (Å²) in [6, 6.07) is 0. The van der Waals surface area contributed by atoms with Crippen LogP contribution in [0.15, 0.2) is 0 Å². The van der Waals surface area contributed by atoms with Crippen molar-refractivity contribution >= 4 is 26.2 Å². The van der Waals surface area contributed by atoms with Gasteiger partial charge in [-0.25, -0.2) is 0 Å². The van der Waals surface area contributed by atoms with E-state index in [1.54, 1.807) is 0 Å². The van der Waals surface area contributed by atoms with Gasteiger partial charge in [0.25, 0.3) is 0 Å². The molecular formula is C5H10S2. The normalized spacial score (nSPS) is 32.9. The molecule has 1 aliphatic heterocycles. The van der Waals surface area contributed by atoms with Crippen molar-refractivity contribution < 1.29 is 0 Å². The molecule has 0 saturated carbocycles. The first-order chi connectivity index (χ1) is 3.39. The van der Waals surface area contributed by atoms with Crippen LogP contribution in [0.1, 0.15) is 12.8 Å². The summed E-state index contributed by atoms with van der Waals surface area (Å²) >= 11 is 0. The van der Waals surface area contributed by atoms with E-state index >= 15 is 0 Å². The van der Waals surface area contributed by atoms with Crippen LogP contribution in [0, 0.1) is 0 Å². The smallest absolute Gasteiger partial charge is 0.00323 e. The molecule has 1 atom stereocenters. The van der Waals surface area contributed by atoms with Gasteiger partial charge in [-0.15, -0.1) is 20.3 Å². The molecule has 1 aliphatic rings. The lowest BCUT2D eigenvalue weighted by Gasteiger charge is -2.11. The second-order valence-electron chi connectivity index (χ2n) is 1.67. The molecule has 42 valence electrons. The molecule has 7 heavy (non-hydrogen) atoms. The molecule has 0 spiro atoms. The molecule has 0 amide bonds. The second-order valence-corrected chi connectivity index (χ2v) is 5.73. The molecule has 0 aromatic heterocycles. The maximum atomic E-state index is 3.99. The van der Waals surface area contributed by atoms with E-state index in [0.29, 0.717) is 9.52 Å². The van der Waals surface area contributed by atoms with Crippen molar-refractivity contribution in [3.63, 3.8) is 0 Å². The van der Waals surface area contributed by atoms with Crippen molar-refractivity contribution in [2.24, 2.45) is 0 Å². The maximum absolute atomic E-state index is 3.99. The first kappa shape index (κ1) is 5.70. The number of hydrogen-bond donors (Lipinski definition) is 0. The van der Waals surface area contributed by atoms with Gasteiger partial charge in [-0.2, -0.15) is 0 Å². The summed E-state index contributed by atoms with van der Waals surface area (Å²) < 4.78 is 0. The van der Waals surface area contributed by atoms with Crippen molar-refractivity contribution in [3.8, 4) is 0 Å². The minimum absolute atomic E-state index is 0.476. The van der Waals surface area contributed by atoms with E-state index in [4.69, 9.17) is 0 Å². The fraction of sp³-hybridized carbons (Fsp3) is 0.800. The Bertz CT molecular complexity index is 70.1. The molecule has 0 N–H and O–H groups in total. The molecule has 0 bridgehead atoms. The van der Waals surface area contributed by atoms with Crippen molar-refractivity contribution in [2.45, 2.75) is 12.8 Å². The molecule has 0 nitrogen and oxygen atoms in total. The lowest BCUT2D eigenvalue weighted by molar-refractivity contribution is 0.905. The molecule has 0 aliphatic carbocycles. The van der Waals surface area contributed by atoms with Gasteiger partial charge in [0.1, 0.15) is 0 Å². The van der Waals surface area contributed by atoms with E-state index in [1.165, 1.54) is 24.3 Å². The molecular weight excluding hydrogens is 124 g/mol. The van der Waals surface area contributed by atoms with Crippen LogP contribution in [0.3, 0.4) is 0 Å². The second kappa shape index (κ2) is 2.78. The van der Waals surface area contributed by atoms with Gasteiger partial charge in [-0.05, 0) is 18.6 Å². The first-order valence-electron chi connectivity index (χ1n) is 2.53. The molecule has 2 heteroatoms. The molecule has 1 fully saturated rings. The van der Waals surface area contributed by atoms with E-state index in [1.807, 2.05) is 10.8 Å². The third kappa shape index (κ3) is 1.87. The zero-order chi connectivity index (χ0) is 5.11. The Balaban J connectivity index is 2.25. The summed E-state index contributed by atoms with van der Waals surface area (Å²) in [7, 11) is 2.51. The highest BCUT2D eigenvalue weighted by Crippen LogP contribution is 2.34. The zero-order valence-electron chi connectivity index (χ0n) is 4.35. The van der Waals surface area contributed by atoms with E-state index in [2.05, 4.69) is 5.87 Å². The highest BCUT2D eigenvalue weighted by molar-refractivity contribution is 8.83. The molecule has 1 unspecified atom stereocenters. The zero-order valence-corrected chi connectivity index (χ0v) is 5.99. The summed E-state index contributed by atoms with van der Waals surface area (Å²) in [5.74, 6) is 6.71. The fourth-order valence-electron chi connectivity index (χ4n) is 0.601. The molecule has 0 aromatic rings. The molecule has 0 radical (unpaired) electrons. The number of rotatable bonds is 0. The Labute approximate surface area is 51.0 Å². The predicted octanol–water partition coefficient (Wildman–Crippen LogP) is 2.13. The Morgan fingerprint density at radius 3 is 2.57 bits per heavy atom. The number of hydrogen-bond acceptors (Lipinski definition) is 1. The summed E-state index contributed by atoms with van der Waals surface area (Å²) in [5.41, 5.74) is 0. The van der Waals surface area contributed by atoms with Crippen LogP contribution in [0.2, 0.25) is 0 Å². The van der Waals surface area contributed by atoms with Crippen LogP contribution >= 0.6 is 20.3 Å². The maximum Gasteiger partial charge on any atom is 0.00323 e. The molecule has 0 aromatic carbocycles. The average Bonchev–Trinajstić information content (AvgIpc) is 1.69. The van der Waals surface area contributed by atoms with Gasteiger partial charge < -0.3 is 0 Å². The van der Waals surface area contributed by atoms with E-state index in [9.17, 15) is 0 Å². The lowest BCUT2D eigenvalue weighted by Crippen LogP contribution is -1.89. The topological polar surface area (TPSA) is 0 Å². The molecule has 1 saturated heterocycles. The van der Waals surface area contributed by atoms with Crippen LogP contribution in [0.25, 0.3) is 0 Å². The van der Waals surface area contributed by atoms with Gasteiger partial charge in [-0.1, -0.05) is 5.87 Å². The Morgan fingerprint density at radius 2 is 2.29 bits per heavy atom. The van der Waals surface area contributed by atoms with Crippen LogP contribution in [-0.4, -0.2) is 17.4 Å². The molecule has 1 heterocycles. The van der Waals surface area contributed by atoms with Crippen LogP contribution in [-0.2, 0) is 0 Å². The Kier molecular flexibility index (Phi) is 2.26.